The van der Waals surface area contributed by atoms with E-state index >= 15 is 0 Å². The number of fused-ring (bicyclic) bond motifs is 12. The highest BCUT2D eigenvalue weighted by Crippen LogP contribution is 2.47. The Balaban J connectivity index is 1.32. The number of aromatic nitrogens is 1. The lowest BCUT2D eigenvalue weighted by atomic mass is 9.33. The van der Waals surface area contributed by atoms with Gasteiger partial charge in [-0.25, -0.2) is 0 Å². The van der Waals surface area contributed by atoms with Crippen LogP contribution in [0.5, 0.6) is 0 Å². The van der Waals surface area contributed by atoms with Crippen molar-refractivity contribution in [3.8, 4) is 5.69 Å². The first kappa shape index (κ1) is 26.4. The van der Waals surface area contributed by atoms with Gasteiger partial charge < -0.3 is 18.3 Å². The van der Waals surface area contributed by atoms with Crippen LogP contribution in [-0.2, 0) is 5.41 Å². The minimum atomic E-state index is -0.0169. The predicted octanol–water partition coefficient (Wildman–Crippen LogP) is 9.65. The molecule has 0 fully saturated rings. The van der Waals surface area contributed by atoms with Gasteiger partial charge in [0, 0.05) is 38.6 Å². The molecule has 0 unspecified atom stereocenters. The maximum Gasteiger partial charge on any atom is 0.252 e. The first-order valence-corrected chi connectivity index (χ1v) is 16.8. The minimum absolute atomic E-state index is 0.0169. The van der Waals surface area contributed by atoms with Gasteiger partial charge in [0.1, 0.15) is 16.7 Å². The van der Waals surface area contributed by atoms with Crippen LogP contribution >= 0.6 is 0 Å². The topological polar surface area (TPSA) is 34.5 Å². The van der Waals surface area contributed by atoms with E-state index in [2.05, 4.69) is 146 Å². The number of nitrogens with zero attached hydrogens (tertiary/aromatic N) is 2. The Bertz CT molecular complexity index is 2860. The molecule has 0 bridgehead atoms. The van der Waals surface area contributed by atoms with Crippen LogP contribution in [0, 0.1) is 6.92 Å². The Morgan fingerprint density at radius 1 is 0.542 bits per heavy atom. The van der Waals surface area contributed by atoms with Gasteiger partial charge in [-0.15, -0.1) is 0 Å². The third-order valence-electron chi connectivity index (χ3n) is 10.8. The Morgan fingerprint density at radius 3 is 2.06 bits per heavy atom. The molecule has 0 saturated heterocycles. The number of furan rings is 2. The molecule has 0 N–H and O–H groups in total. The van der Waals surface area contributed by atoms with Crippen molar-refractivity contribution < 1.29 is 8.83 Å². The summed E-state index contributed by atoms with van der Waals surface area (Å²) in [4.78, 5) is 2.48. The summed E-state index contributed by atoms with van der Waals surface area (Å²) in [6, 6.07) is 42.0. The molecule has 4 nitrogen and oxygen atoms in total. The Morgan fingerprint density at radius 2 is 1.23 bits per heavy atom. The van der Waals surface area contributed by atoms with Crippen molar-refractivity contribution in [2.45, 2.75) is 33.1 Å². The van der Waals surface area contributed by atoms with E-state index in [9.17, 15) is 0 Å². The number of benzene rings is 6. The Labute approximate surface area is 277 Å². The summed E-state index contributed by atoms with van der Waals surface area (Å²) < 4.78 is 15.8. The van der Waals surface area contributed by atoms with Crippen LogP contribution in [0.2, 0.25) is 0 Å². The highest BCUT2D eigenvalue weighted by atomic mass is 16.3. The molecular formula is C43H31BN2O2. The van der Waals surface area contributed by atoms with Gasteiger partial charge in [-0.05, 0) is 88.4 Å². The van der Waals surface area contributed by atoms with Crippen molar-refractivity contribution >= 4 is 95.1 Å². The van der Waals surface area contributed by atoms with Crippen molar-refractivity contribution in [2.24, 2.45) is 0 Å². The van der Waals surface area contributed by atoms with E-state index in [1.807, 2.05) is 6.07 Å². The van der Waals surface area contributed by atoms with E-state index in [1.165, 1.54) is 50.1 Å². The van der Waals surface area contributed by atoms with E-state index in [-0.39, 0.29) is 12.1 Å². The average molecular weight is 619 g/mol. The third-order valence-corrected chi connectivity index (χ3v) is 10.8. The molecule has 0 amide bonds. The van der Waals surface area contributed by atoms with Crippen LogP contribution in [0.15, 0.2) is 124 Å². The molecule has 0 spiro atoms. The summed E-state index contributed by atoms with van der Waals surface area (Å²) in [6.45, 7) is 9.18. The average Bonchev–Trinajstić information content (AvgIpc) is 3.75. The molecule has 2 aliphatic rings. The standard InChI is InChI=1S/C43H31BN2O2/c1-24-21-34-38-35(22-24)46-39-29(42-40(46)28-12-6-8-18-37(28)48-42)14-9-15-31(39)44(38)30-20-19-25(43(2,3)4)23-33(30)45(34)32-16-10-13-27-26-11-5-7-17-36(26)47-41(27)32/h5-23H,1-4H3. The van der Waals surface area contributed by atoms with Gasteiger partial charge in [-0.3, -0.25) is 0 Å². The zero-order chi connectivity index (χ0) is 32.1. The Kier molecular flexibility index (Phi) is 4.85. The molecule has 5 heterocycles. The quantitative estimate of drug-likeness (QED) is 0.172. The van der Waals surface area contributed by atoms with E-state index in [0.717, 1.165) is 55.1 Å². The summed E-state index contributed by atoms with van der Waals surface area (Å²) in [5, 5.41) is 4.56. The van der Waals surface area contributed by atoms with Gasteiger partial charge in [-0.1, -0.05) is 87.5 Å². The van der Waals surface area contributed by atoms with Crippen LogP contribution in [0.3, 0.4) is 0 Å². The number of para-hydroxylation sites is 4. The van der Waals surface area contributed by atoms with E-state index < -0.39 is 0 Å². The van der Waals surface area contributed by atoms with Gasteiger partial charge in [0.05, 0.1) is 11.2 Å². The van der Waals surface area contributed by atoms with Crippen LogP contribution in [0.1, 0.15) is 31.9 Å². The second-order valence-corrected chi connectivity index (χ2v) is 14.6. The van der Waals surface area contributed by atoms with Crippen LogP contribution in [0.4, 0.5) is 17.1 Å². The molecule has 48 heavy (non-hydrogen) atoms. The summed E-state index contributed by atoms with van der Waals surface area (Å²) in [5.41, 5.74) is 17.1. The van der Waals surface area contributed by atoms with Gasteiger partial charge in [-0.2, -0.15) is 0 Å². The SMILES string of the molecule is Cc1cc2c3c(c1)-n1c4c(cccc4c4oc5ccccc5c41)B3c1ccc(C(C)(C)C)cc1N2c1cccc2c1oc1ccccc12. The second kappa shape index (κ2) is 8.81. The van der Waals surface area contributed by atoms with Crippen molar-refractivity contribution in [1.29, 1.82) is 0 Å². The summed E-state index contributed by atoms with van der Waals surface area (Å²) in [5.74, 6) is 0. The zero-order valence-corrected chi connectivity index (χ0v) is 27.3. The number of hydrogen-bond acceptors (Lipinski definition) is 3. The normalized spacial score (nSPS) is 13.8. The van der Waals surface area contributed by atoms with Gasteiger partial charge in [0.2, 0.25) is 0 Å². The maximum atomic E-state index is 6.72. The molecule has 0 aliphatic carbocycles. The molecule has 3 aromatic heterocycles. The molecule has 9 aromatic rings. The number of hydrogen-bond donors (Lipinski definition) is 0. The van der Waals surface area contributed by atoms with E-state index in [4.69, 9.17) is 8.83 Å². The minimum Gasteiger partial charge on any atom is -0.454 e. The molecule has 0 saturated carbocycles. The van der Waals surface area contributed by atoms with Crippen molar-refractivity contribution in [3.05, 3.63) is 126 Å². The summed E-state index contributed by atoms with van der Waals surface area (Å²) >= 11 is 0. The third kappa shape index (κ3) is 3.21. The van der Waals surface area contributed by atoms with Gasteiger partial charge >= 0.3 is 0 Å². The number of aryl methyl sites for hydroxylation is 1. The van der Waals surface area contributed by atoms with Gasteiger partial charge in [0.25, 0.3) is 6.71 Å². The second-order valence-electron chi connectivity index (χ2n) is 14.6. The predicted molar refractivity (Wildman–Crippen MR) is 201 cm³/mol. The number of anilines is 3. The van der Waals surface area contributed by atoms with Crippen LogP contribution in [-0.4, -0.2) is 11.3 Å². The molecule has 5 heteroatoms. The zero-order valence-electron chi connectivity index (χ0n) is 27.3. The van der Waals surface area contributed by atoms with E-state index in [1.54, 1.807) is 0 Å². The Hall–Kier alpha value is -5.68. The molecule has 0 atom stereocenters. The molecule has 11 rings (SSSR count). The largest absolute Gasteiger partial charge is 0.454 e. The van der Waals surface area contributed by atoms with E-state index in [0.29, 0.717) is 0 Å². The highest BCUT2D eigenvalue weighted by molar-refractivity contribution is 7.00. The molecule has 2 aliphatic heterocycles. The first-order valence-electron chi connectivity index (χ1n) is 16.8. The van der Waals surface area contributed by atoms with Gasteiger partial charge in [0.15, 0.2) is 11.2 Å². The monoisotopic (exact) mass is 618 g/mol. The fourth-order valence-corrected chi connectivity index (χ4v) is 8.67. The number of rotatable bonds is 1. The molecule has 6 aromatic carbocycles. The van der Waals surface area contributed by atoms with Crippen molar-refractivity contribution in [1.82, 2.24) is 4.57 Å². The molecule has 228 valence electrons. The smallest absolute Gasteiger partial charge is 0.252 e. The highest BCUT2D eigenvalue weighted by Gasteiger charge is 2.43. The summed E-state index contributed by atoms with van der Waals surface area (Å²) in [7, 11) is 0. The van der Waals surface area contributed by atoms with Crippen LogP contribution in [0.25, 0.3) is 60.6 Å². The fraction of sp³-hybridized carbons (Fsp3) is 0.116. The van der Waals surface area contributed by atoms with Crippen molar-refractivity contribution in [3.63, 3.8) is 0 Å². The lowest BCUT2D eigenvalue weighted by Gasteiger charge is -2.41. The van der Waals surface area contributed by atoms with Crippen molar-refractivity contribution in [2.75, 3.05) is 4.90 Å². The molecule has 0 radical (unpaired) electrons. The lowest BCUT2D eigenvalue weighted by molar-refractivity contribution is 0.590. The lowest BCUT2D eigenvalue weighted by Crippen LogP contribution is -2.60. The summed E-state index contributed by atoms with van der Waals surface area (Å²) in [6.07, 6.45) is 0. The fourth-order valence-electron chi connectivity index (χ4n) is 8.67. The maximum absolute atomic E-state index is 6.72. The molecular weight excluding hydrogens is 587 g/mol. The van der Waals surface area contributed by atoms with Crippen LogP contribution < -0.4 is 21.3 Å². The first-order chi connectivity index (χ1) is 23.4.